The molecule has 2 amide bonds. The number of hydrogen-bond acceptors (Lipinski definition) is 2. The fraction of sp³-hybridized carbons (Fsp3) is 0.222. The van der Waals surface area contributed by atoms with Crippen LogP contribution in [-0.2, 0) is 17.8 Å². The van der Waals surface area contributed by atoms with Gasteiger partial charge in [0.25, 0.3) is 5.91 Å². The Morgan fingerprint density at radius 1 is 1.17 bits per heavy atom. The molecule has 4 nitrogen and oxygen atoms in total. The quantitative estimate of drug-likeness (QED) is 0.937. The Morgan fingerprint density at radius 3 is 2.54 bits per heavy atom. The molecule has 1 N–H and O–H groups in total. The highest BCUT2D eigenvalue weighted by Crippen LogP contribution is 2.29. The number of benzene rings is 2. The molecule has 1 aliphatic heterocycles. The number of amides is 2. The van der Waals surface area contributed by atoms with Crippen LogP contribution in [0.1, 0.15) is 28.4 Å². The van der Waals surface area contributed by atoms with Gasteiger partial charge in [-0.1, -0.05) is 0 Å². The van der Waals surface area contributed by atoms with Crippen LogP contribution in [0.2, 0.25) is 0 Å². The molecular formula is C18H16F2N2O2. The van der Waals surface area contributed by atoms with E-state index >= 15 is 0 Å². The molecule has 0 bridgehead atoms. The second kappa shape index (κ2) is 6.39. The van der Waals surface area contributed by atoms with Gasteiger partial charge in [0, 0.05) is 30.4 Å². The van der Waals surface area contributed by atoms with Crippen LogP contribution < -0.4 is 10.2 Å². The van der Waals surface area contributed by atoms with Gasteiger partial charge in [-0.2, -0.15) is 0 Å². The van der Waals surface area contributed by atoms with Gasteiger partial charge in [-0.25, -0.2) is 8.78 Å². The Bertz CT molecular complexity index is 800. The number of fused-ring (bicyclic) bond motifs is 1. The zero-order chi connectivity index (χ0) is 17.3. The van der Waals surface area contributed by atoms with Gasteiger partial charge in [-0.3, -0.25) is 9.59 Å². The Kier molecular flexibility index (Phi) is 4.29. The van der Waals surface area contributed by atoms with Gasteiger partial charge in [0.15, 0.2) is 0 Å². The molecule has 2 aromatic rings. The van der Waals surface area contributed by atoms with Crippen LogP contribution >= 0.6 is 0 Å². The fourth-order valence-electron chi connectivity index (χ4n) is 2.87. The number of halogens is 2. The van der Waals surface area contributed by atoms with E-state index in [-0.39, 0.29) is 24.8 Å². The number of hydrogen-bond donors (Lipinski definition) is 1. The minimum atomic E-state index is -0.685. The highest BCUT2D eigenvalue weighted by Gasteiger charge is 2.26. The van der Waals surface area contributed by atoms with Crippen molar-refractivity contribution in [2.24, 2.45) is 0 Å². The summed E-state index contributed by atoms with van der Waals surface area (Å²) in [6.45, 7) is 2.50. The van der Waals surface area contributed by atoms with E-state index in [4.69, 9.17) is 0 Å². The highest BCUT2D eigenvalue weighted by molar-refractivity contribution is 6.03. The number of rotatable bonds is 4. The zero-order valence-electron chi connectivity index (χ0n) is 13.1. The van der Waals surface area contributed by atoms with Gasteiger partial charge < -0.3 is 10.2 Å². The molecule has 1 aliphatic rings. The topological polar surface area (TPSA) is 49.4 Å². The Labute approximate surface area is 138 Å². The number of likely N-dealkylation sites (N-methyl/N-ethyl adjacent to an activating group) is 1. The third kappa shape index (κ3) is 3.13. The van der Waals surface area contributed by atoms with E-state index < -0.39 is 11.6 Å². The molecule has 2 aromatic carbocycles. The average Bonchev–Trinajstić information content (AvgIpc) is 2.85. The molecule has 0 unspecified atom stereocenters. The minimum absolute atomic E-state index is 0.0142. The lowest BCUT2D eigenvalue weighted by atomic mass is 10.1. The van der Waals surface area contributed by atoms with Crippen molar-refractivity contribution in [2.75, 3.05) is 11.4 Å². The first-order valence-corrected chi connectivity index (χ1v) is 7.64. The number of nitrogens with zero attached hydrogens (tertiary/aromatic N) is 1. The van der Waals surface area contributed by atoms with Gasteiger partial charge in [-0.05, 0) is 48.4 Å². The number of carbonyl (C=O) groups is 2. The third-order valence-electron chi connectivity index (χ3n) is 3.97. The summed E-state index contributed by atoms with van der Waals surface area (Å²) in [5, 5.41) is 2.63. The smallest absolute Gasteiger partial charge is 0.251 e. The maximum atomic E-state index is 13.1. The molecule has 6 heteroatoms. The van der Waals surface area contributed by atoms with Crippen LogP contribution in [0.4, 0.5) is 14.5 Å². The van der Waals surface area contributed by atoms with Crippen molar-refractivity contribution in [3.63, 3.8) is 0 Å². The number of carbonyl (C=O) groups excluding carboxylic acids is 2. The molecule has 3 rings (SSSR count). The maximum absolute atomic E-state index is 13.1. The summed E-state index contributed by atoms with van der Waals surface area (Å²) in [5.74, 6) is -1.71. The van der Waals surface area contributed by atoms with E-state index in [1.807, 2.05) is 6.92 Å². The molecule has 124 valence electrons. The average molecular weight is 330 g/mol. The monoisotopic (exact) mass is 330 g/mol. The summed E-state index contributed by atoms with van der Waals surface area (Å²) in [6, 6.07) is 8.20. The van der Waals surface area contributed by atoms with Crippen LogP contribution in [-0.4, -0.2) is 18.4 Å². The molecule has 0 radical (unpaired) electrons. The van der Waals surface area contributed by atoms with Crippen molar-refractivity contribution in [3.8, 4) is 0 Å². The van der Waals surface area contributed by atoms with E-state index in [1.54, 1.807) is 23.1 Å². The van der Waals surface area contributed by atoms with Crippen molar-refractivity contribution in [3.05, 3.63) is 64.7 Å². The molecule has 0 spiro atoms. The summed E-state index contributed by atoms with van der Waals surface area (Å²) in [4.78, 5) is 25.8. The van der Waals surface area contributed by atoms with Crippen LogP contribution in [0.25, 0.3) is 0 Å². The normalized spacial score (nSPS) is 13.1. The minimum Gasteiger partial charge on any atom is -0.348 e. The van der Waals surface area contributed by atoms with Crippen molar-refractivity contribution < 1.29 is 18.4 Å². The predicted octanol–water partition coefficient (Wildman–Crippen LogP) is 2.80. The van der Waals surface area contributed by atoms with Gasteiger partial charge in [0.2, 0.25) is 5.91 Å². The standard InChI is InChI=1S/C18H16F2N2O2/c1-2-22-16-4-3-12(7-13(16)8-17(22)23)18(24)21-10-11-5-14(19)9-15(20)6-11/h3-7,9H,2,8,10H2,1H3,(H,21,24). The van der Waals surface area contributed by atoms with E-state index in [0.29, 0.717) is 17.7 Å². The van der Waals surface area contributed by atoms with Crippen molar-refractivity contribution >= 4 is 17.5 Å². The predicted molar refractivity (Wildman–Crippen MR) is 85.7 cm³/mol. The highest BCUT2D eigenvalue weighted by atomic mass is 19.1. The molecule has 24 heavy (non-hydrogen) atoms. The SMILES string of the molecule is CCN1C(=O)Cc2cc(C(=O)NCc3cc(F)cc(F)c3)ccc21. The number of anilines is 1. The van der Waals surface area contributed by atoms with Crippen molar-refractivity contribution in [2.45, 2.75) is 19.9 Å². The summed E-state index contributed by atoms with van der Waals surface area (Å²) < 4.78 is 26.3. The molecular weight excluding hydrogens is 314 g/mol. The molecule has 0 aliphatic carbocycles. The van der Waals surface area contributed by atoms with Gasteiger partial charge >= 0.3 is 0 Å². The first kappa shape index (κ1) is 16.1. The van der Waals surface area contributed by atoms with Crippen LogP contribution in [0, 0.1) is 11.6 Å². The molecule has 0 saturated heterocycles. The Balaban J connectivity index is 1.72. The fourth-order valence-corrected chi connectivity index (χ4v) is 2.87. The van der Waals surface area contributed by atoms with Crippen LogP contribution in [0.3, 0.4) is 0 Å². The van der Waals surface area contributed by atoms with Crippen molar-refractivity contribution in [1.29, 1.82) is 0 Å². The Morgan fingerprint density at radius 2 is 1.88 bits per heavy atom. The second-order valence-electron chi connectivity index (χ2n) is 5.62. The zero-order valence-corrected chi connectivity index (χ0v) is 13.1. The third-order valence-corrected chi connectivity index (χ3v) is 3.97. The van der Waals surface area contributed by atoms with E-state index in [1.165, 1.54) is 12.1 Å². The van der Waals surface area contributed by atoms with Gasteiger partial charge in [0.05, 0.1) is 6.42 Å². The largest absolute Gasteiger partial charge is 0.348 e. The van der Waals surface area contributed by atoms with E-state index in [0.717, 1.165) is 17.3 Å². The van der Waals surface area contributed by atoms with Gasteiger partial charge in [-0.15, -0.1) is 0 Å². The summed E-state index contributed by atoms with van der Waals surface area (Å²) in [6.07, 6.45) is 0.277. The Hall–Kier alpha value is -2.76. The second-order valence-corrected chi connectivity index (χ2v) is 5.62. The van der Waals surface area contributed by atoms with Crippen molar-refractivity contribution in [1.82, 2.24) is 5.32 Å². The summed E-state index contributed by atoms with van der Waals surface area (Å²) in [7, 11) is 0. The van der Waals surface area contributed by atoms with Crippen LogP contribution in [0.5, 0.6) is 0 Å². The lowest BCUT2D eigenvalue weighted by molar-refractivity contribution is -0.117. The maximum Gasteiger partial charge on any atom is 0.251 e. The molecule has 0 fully saturated rings. The first-order chi connectivity index (χ1) is 11.5. The lowest BCUT2D eigenvalue weighted by Crippen LogP contribution is -2.26. The number of nitrogens with one attached hydrogen (secondary N) is 1. The van der Waals surface area contributed by atoms with Crippen LogP contribution in [0.15, 0.2) is 36.4 Å². The first-order valence-electron chi connectivity index (χ1n) is 7.64. The molecule has 0 saturated carbocycles. The molecule has 0 aromatic heterocycles. The van der Waals surface area contributed by atoms with E-state index in [2.05, 4.69) is 5.32 Å². The molecule has 1 heterocycles. The van der Waals surface area contributed by atoms with Gasteiger partial charge in [0.1, 0.15) is 11.6 Å². The van der Waals surface area contributed by atoms with E-state index in [9.17, 15) is 18.4 Å². The summed E-state index contributed by atoms with van der Waals surface area (Å²) >= 11 is 0. The summed E-state index contributed by atoms with van der Waals surface area (Å²) in [5.41, 5.74) is 2.39. The molecule has 0 atom stereocenters. The lowest BCUT2D eigenvalue weighted by Gasteiger charge is -2.14.